The summed E-state index contributed by atoms with van der Waals surface area (Å²) in [6.45, 7) is -0.167. The van der Waals surface area contributed by atoms with Gasteiger partial charge in [-0.3, -0.25) is 19.2 Å². The van der Waals surface area contributed by atoms with Gasteiger partial charge in [-0.1, -0.05) is 0 Å². The summed E-state index contributed by atoms with van der Waals surface area (Å²) < 4.78 is 16.5. The second kappa shape index (κ2) is 7.36. The molecular weight excluding hydrogens is 211 g/mol. The maximum atomic E-state index is 10.9. The van der Waals surface area contributed by atoms with E-state index >= 15 is 0 Å². The first-order chi connectivity index (χ1) is 7.13. The second-order valence-electron chi connectivity index (χ2n) is 2.00. The molecular formula is C6H7BO8. The highest BCUT2D eigenvalue weighted by Crippen LogP contribution is 1.94. The molecule has 0 saturated carbocycles. The van der Waals surface area contributed by atoms with E-state index < -0.39 is 25.7 Å². The Hall–Kier alpha value is -2.06. The first kappa shape index (κ1) is 12.9. The van der Waals surface area contributed by atoms with Gasteiger partial charge in [0.05, 0.1) is 7.11 Å². The van der Waals surface area contributed by atoms with Crippen molar-refractivity contribution in [1.29, 1.82) is 0 Å². The van der Waals surface area contributed by atoms with Crippen LogP contribution in [0.25, 0.3) is 0 Å². The molecule has 0 spiro atoms. The summed E-state index contributed by atoms with van der Waals surface area (Å²) in [5.41, 5.74) is 0. The summed E-state index contributed by atoms with van der Waals surface area (Å²) in [5.74, 6) is -1.90. The van der Waals surface area contributed by atoms with Crippen LogP contribution in [0.5, 0.6) is 0 Å². The predicted octanol–water partition coefficient (Wildman–Crippen LogP) is -1.58. The zero-order valence-electron chi connectivity index (χ0n) is 7.71. The molecule has 0 N–H and O–H groups in total. The molecule has 0 rings (SSSR count). The van der Waals surface area contributed by atoms with Gasteiger partial charge in [-0.25, -0.2) is 0 Å². The van der Waals surface area contributed by atoms with Crippen molar-refractivity contribution in [3.8, 4) is 0 Å². The van der Waals surface area contributed by atoms with E-state index in [0.717, 1.165) is 7.11 Å². The van der Waals surface area contributed by atoms with Gasteiger partial charge in [0.1, 0.15) is 6.42 Å². The van der Waals surface area contributed by atoms with Crippen molar-refractivity contribution in [2.24, 2.45) is 0 Å². The Bertz CT molecular complexity index is 242. The number of carbonyl (C=O) groups excluding carboxylic acids is 4. The van der Waals surface area contributed by atoms with Crippen LogP contribution in [0.3, 0.4) is 0 Å². The number of carbonyl (C=O) groups is 4. The minimum absolute atomic E-state index is 0.0837. The van der Waals surface area contributed by atoms with E-state index in [1.165, 1.54) is 0 Å². The van der Waals surface area contributed by atoms with Gasteiger partial charge in [-0.05, 0) is 0 Å². The van der Waals surface area contributed by atoms with Crippen molar-refractivity contribution in [2.45, 2.75) is 6.42 Å². The van der Waals surface area contributed by atoms with Crippen LogP contribution in [0.15, 0.2) is 0 Å². The van der Waals surface area contributed by atoms with Gasteiger partial charge in [0.2, 0.25) is 0 Å². The van der Waals surface area contributed by atoms with E-state index in [4.69, 9.17) is 0 Å². The van der Waals surface area contributed by atoms with E-state index in [1.807, 2.05) is 0 Å². The molecule has 82 valence electrons. The summed E-state index contributed by atoms with van der Waals surface area (Å²) in [6.07, 6.45) is -0.683. The molecule has 0 aliphatic carbocycles. The summed E-state index contributed by atoms with van der Waals surface area (Å²) in [5, 5.41) is 0. The quantitative estimate of drug-likeness (QED) is 0.218. The first-order valence-electron chi connectivity index (χ1n) is 3.58. The predicted molar refractivity (Wildman–Crippen MR) is 42.8 cm³/mol. The molecule has 0 aliphatic heterocycles. The Kier molecular flexibility index (Phi) is 6.35. The standard InChI is InChI=1S/C6H7BO8/c1-12-5(10)2-6(11)15-7(13-3-8)14-4-9/h3-4H,2H2,1H3. The van der Waals surface area contributed by atoms with Crippen LogP contribution in [-0.2, 0) is 37.9 Å². The monoisotopic (exact) mass is 218 g/mol. The molecule has 0 unspecified atom stereocenters. The Balaban J connectivity index is 4.03. The van der Waals surface area contributed by atoms with Gasteiger partial charge in [0, 0.05) is 0 Å². The summed E-state index contributed by atoms with van der Waals surface area (Å²) in [6, 6.07) is 0. The Labute approximate surface area is 84.6 Å². The zero-order valence-corrected chi connectivity index (χ0v) is 7.71. The molecule has 0 aliphatic rings. The zero-order chi connectivity index (χ0) is 11.7. The third-order valence-corrected chi connectivity index (χ3v) is 1.08. The largest absolute Gasteiger partial charge is 0.869 e. The number of hydrogen-bond donors (Lipinski definition) is 0. The van der Waals surface area contributed by atoms with Gasteiger partial charge < -0.3 is 18.7 Å². The van der Waals surface area contributed by atoms with Crippen molar-refractivity contribution in [2.75, 3.05) is 7.11 Å². The minimum atomic E-state index is -1.79. The Morgan fingerprint density at radius 2 is 1.67 bits per heavy atom. The normalized spacial score (nSPS) is 8.33. The van der Waals surface area contributed by atoms with E-state index in [1.54, 1.807) is 0 Å². The molecule has 0 heterocycles. The van der Waals surface area contributed by atoms with Crippen molar-refractivity contribution in [3.05, 3.63) is 0 Å². The van der Waals surface area contributed by atoms with Gasteiger partial charge >= 0.3 is 19.3 Å². The summed E-state index contributed by atoms with van der Waals surface area (Å²) in [7, 11) is -0.714. The summed E-state index contributed by atoms with van der Waals surface area (Å²) >= 11 is 0. The number of rotatable bonds is 7. The third-order valence-electron chi connectivity index (χ3n) is 1.08. The van der Waals surface area contributed by atoms with Gasteiger partial charge in [-0.15, -0.1) is 0 Å². The highest BCUT2D eigenvalue weighted by molar-refractivity contribution is 6.42. The molecule has 15 heavy (non-hydrogen) atoms. The van der Waals surface area contributed by atoms with Crippen LogP contribution < -0.4 is 0 Å². The average molecular weight is 218 g/mol. The molecule has 0 aromatic rings. The van der Waals surface area contributed by atoms with Crippen LogP contribution in [-0.4, -0.2) is 39.3 Å². The van der Waals surface area contributed by atoms with Crippen LogP contribution in [0.4, 0.5) is 0 Å². The number of ether oxygens (including phenoxy) is 1. The highest BCUT2D eigenvalue weighted by atomic mass is 16.8. The maximum absolute atomic E-state index is 10.9. The van der Waals surface area contributed by atoms with Gasteiger partial charge in [0.15, 0.2) is 0 Å². The van der Waals surface area contributed by atoms with Gasteiger partial charge in [0.25, 0.3) is 12.9 Å². The SMILES string of the molecule is COC(=O)CC(=O)OB(OC=O)OC=O. The van der Waals surface area contributed by atoms with Crippen molar-refractivity contribution in [1.82, 2.24) is 0 Å². The smallest absolute Gasteiger partial charge is 0.469 e. The first-order valence-corrected chi connectivity index (χ1v) is 3.58. The van der Waals surface area contributed by atoms with Crippen LogP contribution >= 0.6 is 0 Å². The number of esters is 1. The maximum Gasteiger partial charge on any atom is 0.869 e. The third kappa shape index (κ3) is 6.08. The van der Waals surface area contributed by atoms with Crippen molar-refractivity contribution < 1.29 is 37.9 Å². The molecule has 0 aromatic heterocycles. The van der Waals surface area contributed by atoms with E-state index in [0.29, 0.717) is 0 Å². The lowest BCUT2D eigenvalue weighted by molar-refractivity contribution is -0.149. The van der Waals surface area contributed by atoms with Gasteiger partial charge in [-0.2, -0.15) is 0 Å². The molecule has 0 bridgehead atoms. The fourth-order valence-electron chi connectivity index (χ4n) is 0.517. The topological polar surface area (TPSA) is 105 Å². The second-order valence-corrected chi connectivity index (χ2v) is 2.00. The molecule has 0 atom stereocenters. The fraction of sp³-hybridized carbons (Fsp3) is 0.333. The average Bonchev–Trinajstić information content (AvgIpc) is 2.18. The highest BCUT2D eigenvalue weighted by Gasteiger charge is 2.31. The van der Waals surface area contributed by atoms with Crippen molar-refractivity contribution >= 4 is 32.2 Å². The molecule has 0 aromatic carbocycles. The fourth-order valence-corrected chi connectivity index (χ4v) is 0.517. The molecule has 0 saturated heterocycles. The Morgan fingerprint density at radius 1 is 1.13 bits per heavy atom. The van der Waals surface area contributed by atoms with Crippen LogP contribution in [0.2, 0.25) is 0 Å². The lowest BCUT2D eigenvalue weighted by Crippen LogP contribution is -2.30. The lowest BCUT2D eigenvalue weighted by atomic mass is 10.2. The number of hydrogen-bond acceptors (Lipinski definition) is 8. The molecule has 0 radical (unpaired) electrons. The molecule has 0 fully saturated rings. The lowest BCUT2D eigenvalue weighted by Gasteiger charge is -2.06. The summed E-state index contributed by atoms with van der Waals surface area (Å²) in [4.78, 5) is 41.1. The van der Waals surface area contributed by atoms with Crippen LogP contribution in [0.1, 0.15) is 6.42 Å². The molecule has 9 heteroatoms. The number of methoxy groups -OCH3 is 1. The van der Waals surface area contributed by atoms with E-state index in [-0.39, 0.29) is 12.9 Å². The van der Waals surface area contributed by atoms with Crippen molar-refractivity contribution in [3.63, 3.8) is 0 Å². The molecule has 8 nitrogen and oxygen atoms in total. The van der Waals surface area contributed by atoms with E-state index in [9.17, 15) is 19.2 Å². The van der Waals surface area contributed by atoms with E-state index in [2.05, 4.69) is 18.7 Å². The van der Waals surface area contributed by atoms with Crippen LogP contribution in [0, 0.1) is 0 Å². The Morgan fingerprint density at radius 3 is 2.07 bits per heavy atom. The minimum Gasteiger partial charge on any atom is -0.469 e. The molecule has 0 amide bonds.